The Morgan fingerprint density at radius 2 is 1.84 bits per heavy atom. The lowest BCUT2D eigenvalue weighted by molar-refractivity contribution is 0.0972. The Balaban J connectivity index is 1.54. The van der Waals surface area contributed by atoms with Gasteiger partial charge in [-0.15, -0.1) is 5.10 Å². The Morgan fingerprint density at radius 3 is 2.66 bits per heavy atom. The number of anilines is 1. The maximum Gasteiger partial charge on any atom is 0.276 e. The second-order valence-electron chi connectivity index (χ2n) is 6.75. The van der Waals surface area contributed by atoms with Crippen LogP contribution in [0, 0.1) is 0 Å². The first-order chi connectivity index (χ1) is 15.5. The van der Waals surface area contributed by atoms with Crippen LogP contribution in [-0.4, -0.2) is 27.5 Å². The van der Waals surface area contributed by atoms with Gasteiger partial charge in [-0.25, -0.2) is 9.97 Å². The maximum atomic E-state index is 12.2. The number of para-hydroxylation sites is 1. The summed E-state index contributed by atoms with van der Waals surface area (Å²) in [6.07, 6.45) is 0. The Bertz CT molecular complexity index is 1310. The molecule has 0 saturated carbocycles. The quantitative estimate of drug-likeness (QED) is 0.161. The molecular formula is C22H20N8OS. The molecule has 4 rings (SSSR count). The Kier molecular flexibility index (Phi) is 6.04. The van der Waals surface area contributed by atoms with E-state index < -0.39 is 5.91 Å². The highest BCUT2D eigenvalue weighted by Crippen LogP contribution is 2.25. The zero-order chi connectivity index (χ0) is 22.5. The van der Waals surface area contributed by atoms with Crippen molar-refractivity contribution in [3.05, 3.63) is 78.0 Å². The number of thiazole rings is 1. The summed E-state index contributed by atoms with van der Waals surface area (Å²) in [7, 11) is 0. The van der Waals surface area contributed by atoms with Crippen LogP contribution in [0.1, 0.15) is 23.0 Å². The molecular weight excluding hydrogens is 424 g/mol. The van der Waals surface area contributed by atoms with Gasteiger partial charge in [0.2, 0.25) is 11.1 Å². The lowest BCUT2D eigenvalue weighted by atomic mass is 10.0. The number of nitrogens with one attached hydrogen (secondary N) is 2. The molecule has 2 heterocycles. The van der Waals surface area contributed by atoms with Crippen LogP contribution >= 0.6 is 11.3 Å². The van der Waals surface area contributed by atoms with Crippen LogP contribution in [0.3, 0.4) is 0 Å². The number of amides is 1. The molecule has 0 radical (unpaired) electrons. The number of benzene rings is 2. The number of hydrogen-bond donors (Lipinski definition) is 4. The third-order valence-corrected chi connectivity index (χ3v) is 5.49. The summed E-state index contributed by atoms with van der Waals surface area (Å²) in [6, 6.07) is 20.8. The van der Waals surface area contributed by atoms with Gasteiger partial charge in [-0.3, -0.25) is 15.5 Å². The van der Waals surface area contributed by atoms with Crippen LogP contribution in [0.15, 0.2) is 76.9 Å². The molecule has 0 bridgehead atoms. The zero-order valence-corrected chi connectivity index (χ0v) is 17.9. The van der Waals surface area contributed by atoms with E-state index in [4.69, 9.17) is 11.6 Å². The molecule has 160 valence electrons. The molecule has 0 aliphatic rings. The number of guanidine groups is 1. The molecule has 2 aromatic heterocycles. The van der Waals surface area contributed by atoms with Crippen LogP contribution in [0.4, 0.5) is 5.13 Å². The van der Waals surface area contributed by atoms with Gasteiger partial charge in [-0.2, -0.15) is 5.10 Å². The van der Waals surface area contributed by atoms with E-state index in [1.54, 1.807) is 23.5 Å². The van der Waals surface area contributed by atoms with Crippen molar-refractivity contribution >= 4 is 44.3 Å². The fourth-order valence-electron chi connectivity index (χ4n) is 2.95. The third-order valence-electron chi connectivity index (χ3n) is 4.55. The second kappa shape index (κ2) is 9.23. The Morgan fingerprint density at radius 1 is 1.03 bits per heavy atom. The van der Waals surface area contributed by atoms with Gasteiger partial charge in [0.1, 0.15) is 5.69 Å². The molecule has 10 heteroatoms. The molecule has 0 saturated heterocycles. The van der Waals surface area contributed by atoms with Gasteiger partial charge in [0.05, 0.1) is 21.6 Å². The molecule has 0 unspecified atom stereocenters. The highest BCUT2D eigenvalue weighted by atomic mass is 32.1. The fourth-order valence-corrected chi connectivity index (χ4v) is 3.76. The summed E-state index contributed by atoms with van der Waals surface area (Å²) in [5, 5.41) is 10.8. The van der Waals surface area contributed by atoms with E-state index >= 15 is 0 Å². The molecule has 9 nitrogen and oxygen atoms in total. The first kappa shape index (κ1) is 20.9. The Hall–Kier alpha value is -4.31. The van der Waals surface area contributed by atoms with Gasteiger partial charge in [0.25, 0.3) is 5.91 Å². The average Bonchev–Trinajstić information content (AvgIpc) is 3.25. The van der Waals surface area contributed by atoms with E-state index in [2.05, 4.69) is 30.9 Å². The number of nitrogens with zero attached hydrogens (tertiary/aromatic N) is 4. The van der Waals surface area contributed by atoms with E-state index in [0.717, 1.165) is 32.2 Å². The van der Waals surface area contributed by atoms with Crippen LogP contribution < -0.4 is 22.3 Å². The maximum absolute atomic E-state index is 12.2. The van der Waals surface area contributed by atoms with Crippen molar-refractivity contribution in [2.75, 3.05) is 5.43 Å². The average molecular weight is 445 g/mol. The molecule has 32 heavy (non-hydrogen) atoms. The molecule has 6 N–H and O–H groups in total. The van der Waals surface area contributed by atoms with E-state index in [0.29, 0.717) is 5.69 Å². The normalized spacial score (nSPS) is 12.0. The van der Waals surface area contributed by atoms with E-state index in [1.807, 2.05) is 61.5 Å². The van der Waals surface area contributed by atoms with Gasteiger partial charge in [-0.1, -0.05) is 47.7 Å². The number of carbonyl (C=O) groups excluding carboxylic acids is 1. The minimum Gasteiger partial charge on any atom is -0.368 e. The number of pyridine rings is 1. The molecule has 0 aliphatic carbocycles. The van der Waals surface area contributed by atoms with Gasteiger partial charge in [-0.05, 0) is 42.8 Å². The standard InChI is InChI=1S/C22H20N8OS/c1-13(29-30-22-26-17-8-2-3-11-19(17)32-22)14-6-4-7-15(12-14)16-9-5-10-18(25-16)20(31)27-21(23)28-24/h2-12H,24H2,1H3,(H,26,30)(H3,23,27,28,31)/b29-13+. The van der Waals surface area contributed by atoms with Crippen molar-refractivity contribution in [2.24, 2.45) is 21.8 Å². The summed E-state index contributed by atoms with van der Waals surface area (Å²) < 4.78 is 1.10. The molecule has 2 aromatic carbocycles. The first-order valence-electron chi connectivity index (χ1n) is 9.62. The first-order valence-corrected chi connectivity index (χ1v) is 10.4. The summed E-state index contributed by atoms with van der Waals surface area (Å²) in [4.78, 5) is 21.2. The van der Waals surface area contributed by atoms with Crippen molar-refractivity contribution in [1.82, 2.24) is 15.3 Å². The topological polar surface area (TPSA) is 144 Å². The van der Waals surface area contributed by atoms with Crippen molar-refractivity contribution < 1.29 is 4.79 Å². The van der Waals surface area contributed by atoms with Crippen LogP contribution in [0.25, 0.3) is 21.5 Å². The second-order valence-corrected chi connectivity index (χ2v) is 7.78. The number of hydrazone groups is 2. The van der Waals surface area contributed by atoms with E-state index in [-0.39, 0.29) is 11.7 Å². The lowest BCUT2D eigenvalue weighted by Gasteiger charge is -2.07. The summed E-state index contributed by atoms with van der Waals surface area (Å²) >= 11 is 1.54. The monoisotopic (exact) mass is 444 g/mol. The predicted molar refractivity (Wildman–Crippen MR) is 128 cm³/mol. The molecule has 0 aliphatic heterocycles. The van der Waals surface area contributed by atoms with Gasteiger partial charge in [0, 0.05) is 5.56 Å². The number of fused-ring (bicyclic) bond motifs is 1. The largest absolute Gasteiger partial charge is 0.368 e. The minimum absolute atomic E-state index is 0.184. The summed E-state index contributed by atoms with van der Waals surface area (Å²) in [5.74, 6) is 4.38. The minimum atomic E-state index is -0.493. The SMILES string of the molecule is C/C(=N\Nc1nc2ccccc2s1)c1cccc(-c2cccc(C(=O)N/C(N)=N/N)n2)c1. The predicted octanol–water partition coefficient (Wildman–Crippen LogP) is 3.11. The molecule has 0 atom stereocenters. The number of nitrogens with two attached hydrogens (primary N) is 2. The third kappa shape index (κ3) is 4.71. The summed E-state index contributed by atoms with van der Waals surface area (Å²) in [5.41, 5.74) is 12.8. The molecule has 4 aromatic rings. The van der Waals surface area contributed by atoms with Gasteiger partial charge >= 0.3 is 0 Å². The smallest absolute Gasteiger partial charge is 0.276 e. The van der Waals surface area contributed by atoms with Gasteiger partial charge in [0.15, 0.2) is 0 Å². The van der Waals surface area contributed by atoms with Crippen LogP contribution in [0.5, 0.6) is 0 Å². The number of rotatable bonds is 5. The van der Waals surface area contributed by atoms with E-state index in [1.165, 1.54) is 0 Å². The lowest BCUT2D eigenvalue weighted by Crippen LogP contribution is -2.37. The summed E-state index contributed by atoms with van der Waals surface area (Å²) in [6.45, 7) is 1.91. The molecule has 1 amide bonds. The van der Waals surface area contributed by atoms with Crippen molar-refractivity contribution in [3.8, 4) is 11.3 Å². The van der Waals surface area contributed by atoms with Crippen molar-refractivity contribution in [1.29, 1.82) is 0 Å². The molecule has 0 fully saturated rings. The van der Waals surface area contributed by atoms with Crippen LogP contribution in [-0.2, 0) is 0 Å². The zero-order valence-electron chi connectivity index (χ0n) is 17.1. The Labute approximate surface area is 187 Å². The van der Waals surface area contributed by atoms with Crippen molar-refractivity contribution in [3.63, 3.8) is 0 Å². The van der Waals surface area contributed by atoms with E-state index in [9.17, 15) is 4.79 Å². The fraction of sp³-hybridized carbons (Fsp3) is 0.0455. The number of hydrogen-bond acceptors (Lipinski definition) is 8. The van der Waals surface area contributed by atoms with Crippen molar-refractivity contribution in [2.45, 2.75) is 6.92 Å². The number of aromatic nitrogens is 2. The van der Waals surface area contributed by atoms with Crippen LogP contribution in [0.2, 0.25) is 0 Å². The molecule has 0 spiro atoms. The highest BCUT2D eigenvalue weighted by molar-refractivity contribution is 7.22. The number of carbonyl (C=O) groups is 1. The van der Waals surface area contributed by atoms with Gasteiger partial charge < -0.3 is 11.6 Å². The highest BCUT2D eigenvalue weighted by Gasteiger charge is 2.11.